The van der Waals surface area contributed by atoms with Crippen molar-refractivity contribution in [3.8, 4) is 0 Å². The molecule has 0 radical (unpaired) electrons. The zero-order valence-electron chi connectivity index (χ0n) is 10.2. The molecule has 1 aliphatic heterocycles. The molecular formula is C13H15F2N3. The smallest absolute Gasteiger partial charge is 0.192 e. The lowest BCUT2D eigenvalue weighted by molar-refractivity contribution is 0.237. The van der Waals surface area contributed by atoms with Crippen LogP contribution in [0.5, 0.6) is 0 Å². The van der Waals surface area contributed by atoms with Gasteiger partial charge in [-0.25, -0.2) is 8.78 Å². The molecule has 1 aliphatic rings. The van der Waals surface area contributed by atoms with E-state index in [1.54, 1.807) is 11.0 Å². The molecular weight excluding hydrogens is 236 g/mol. The number of hydrogen-bond acceptors (Lipinski definition) is 3. The van der Waals surface area contributed by atoms with Gasteiger partial charge in [-0.05, 0) is 13.0 Å². The van der Waals surface area contributed by atoms with Crippen LogP contribution >= 0.6 is 0 Å². The molecule has 0 bridgehead atoms. The van der Waals surface area contributed by atoms with Crippen LogP contribution in [-0.4, -0.2) is 23.9 Å². The van der Waals surface area contributed by atoms with E-state index in [1.165, 1.54) is 12.1 Å². The SMILES string of the molecule is C=CCN1C(N)=NCC1(C)c1ccc(F)cc1F. The summed E-state index contributed by atoms with van der Waals surface area (Å²) in [5.41, 5.74) is 5.48. The molecule has 96 valence electrons. The molecule has 18 heavy (non-hydrogen) atoms. The first kappa shape index (κ1) is 12.5. The van der Waals surface area contributed by atoms with Crippen LogP contribution in [0.3, 0.4) is 0 Å². The van der Waals surface area contributed by atoms with E-state index in [0.29, 0.717) is 24.6 Å². The summed E-state index contributed by atoms with van der Waals surface area (Å²) in [5, 5.41) is 0. The highest BCUT2D eigenvalue weighted by Gasteiger charge is 2.40. The Kier molecular flexibility index (Phi) is 3.07. The van der Waals surface area contributed by atoms with Gasteiger partial charge in [-0.3, -0.25) is 4.99 Å². The van der Waals surface area contributed by atoms with Crippen molar-refractivity contribution in [1.29, 1.82) is 0 Å². The van der Waals surface area contributed by atoms with Crippen LogP contribution in [0.25, 0.3) is 0 Å². The summed E-state index contributed by atoms with van der Waals surface area (Å²) in [6.45, 7) is 6.28. The van der Waals surface area contributed by atoms with Crippen molar-refractivity contribution in [3.05, 3.63) is 48.1 Å². The van der Waals surface area contributed by atoms with Crippen molar-refractivity contribution < 1.29 is 8.78 Å². The summed E-state index contributed by atoms with van der Waals surface area (Å²) in [4.78, 5) is 5.90. The molecule has 0 saturated carbocycles. The van der Waals surface area contributed by atoms with Crippen molar-refractivity contribution in [2.75, 3.05) is 13.1 Å². The molecule has 3 nitrogen and oxygen atoms in total. The Morgan fingerprint density at radius 2 is 2.28 bits per heavy atom. The van der Waals surface area contributed by atoms with E-state index < -0.39 is 17.2 Å². The number of aliphatic imine (C=N–C) groups is 1. The highest BCUT2D eigenvalue weighted by Crippen LogP contribution is 2.34. The standard InChI is InChI=1S/C13H15F2N3/c1-3-6-18-12(16)17-8-13(18,2)10-5-4-9(14)7-11(10)15/h3-5,7H,1,6,8H2,2H3,(H2,16,17). The summed E-state index contributed by atoms with van der Waals surface area (Å²) >= 11 is 0. The Labute approximate surface area is 105 Å². The Morgan fingerprint density at radius 1 is 1.56 bits per heavy atom. The zero-order chi connectivity index (χ0) is 13.3. The monoisotopic (exact) mass is 251 g/mol. The summed E-state index contributed by atoms with van der Waals surface area (Å²) in [7, 11) is 0. The Bertz CT molecular complexity index is 513. The van der Waals surface area contributed by atoms with Crippen LogP contribution in [0.4, 0.5) is 8.78 Å². The van der Waals surface area contributed by atoms with Crippen LogP contribution in [0.15, 0.2) is 35.8 Å². The van der Waals surface area contributed by atoms with E-state index in [0.717, 1.165) is 6.07 Å². The fourth-order valence-electron chi connectivity index (χ4n) is 2.24. The topological polar surface area (TPSA) is 41.6 Å². The molecule has 0 amide bonds. The van der Waals surface area contributed by atoms with Crippen LogP contribution in [0.2, 0.25) is 0 Å². The number of benzene rings is 1. The van der Waals surface area contributed by atoms with E-state index >= 15 is 0 Å². The van der Waals surface area contributed by atoms with Gasteiger partial charge in [0.15, 0.2) is 5.96 Å². The first-order valence-corrected chi connectivity index (χ1v) is 5.63. The van der Waals surface area contributed by atoms with Crippen LogP contribution < -0.4 is 5.73 Å². The molecule has 2 N–H and O–H groups in total. The second kappa shape index (κ2) is 4.40. The van der Waals surface area contributed by atoms with Crippen molar-refractivity contribution >= 4 is 5.96 Å². The molecule has 1 aromatic rings. The number of nitrogens with two attached hydrogens (primary N) is 1. The summed E-state index contributed by atoms with van der Waals surface area (Å²) in [6, 6.07) is 3.56. The fraction of sp³-hybridized carbons (Fsp3) is 0.308. The number of rotatable bonds is 3. The van der Waals surface area contributed by atoms with Gasteiger partial charge in [0.25, 0.3) is 0 Å². The summed E-state index contributed by atoms with van der Waals surface area (Å²) < 4.78 is 26.9. The molecule has 1 atom stereocenters. The molecule has 0 spiro atoms. The van der Waals surface area contributed by atoms with Gasteiger partial charge in [-0.2, -0.15) is 0 Å². The third-order valence-electron chi connectivity index (χ3n) is 3.24. The number of guanidine groups is 1. The van der Waals surface area contributed by atoms with Crippen molar-refractivity contribution in [2.45, 2.75) is 12.5 Å². The largest absolute Gasteiger partial charge is 0.370 e. The van der Waals surface area contributed by atoms with Gasteiger partial charge in [0.05, 0.1) is 12.1 Å². The van der Waals surface area contributed by atoms with Gasteiger partial charge < -0.3 is 10.6 Å². The first-order chi connectivity index (χ1) is 8.49. The second-order valence-electron chi connectivity index (χ2n) is 4.47. The highest BCUT2D eigenvalue weighted by molar-refractivity contribution is 5.81. The van der Waals surface area contributed by atoms with Gasteiger partial charge in [-0.1, -0.05) is 12.1 Å². The Hall–Kier alpha value is -1.91. The minimum Gasteiger partial charge on any atom is -0.370 e. The van der Waals surface area contributed by atoms with Gasteiger partial charge in [0.1, 0.15) is 11.6 Å². The van der Waals surface area contributed by atoms with Crippen LogP contribution in [0.1, 0.15) is 12.5 Å². The van der Waals surface area contributed by atoms with E-state index in [4.69, 9.17) is 5.73 Å². The number of halogens is 2. The molecule has 1 aromatic carbocycles. The Balaban J connectivity index is 2.45. The van der Waals surface area contributed by atoms with E-state index in [1.807, 2.05) is 6.92 Å². The maximum Gasteiger partial charge on any atom is 0.192 e. The van der Waals surface area contributed by atoms with E-state index in [9.17, 15) is 8.78 Å². The lowest BCUT2D eigenvalue weighted by atomic mass is 9.90. The van der Waals surface area contributed by atoms with Crippen LogP contribution in [-0.2, 0) is 5.54 Å². The van der Waals surface area contributed by atoms with Crippen LogP contribution in [0, 0.1) is 11.6 Å². The lowest BCUT2D eigenvalue weighted by Crippen LogP contribution is -2.47. The number of nitrogens with zero attached hydrogens (tertiary/aromatic N) is 2. The molecule has 1 unspecified atom stereocenters. The lowest BCUT2D eigenvalue weighted by Gasteiger charge is -2.36. The fourth-order valence-corrected chi connectivity index (χ4v) is 2.24. The minimum atomic E-state index is -0.698. The maximum absolute atomic E-state index is 13.9. The number of hydrogen-bond donors (Lipinski definition) is 1. The maximum atomic E-state index is 13.9. The first-order valence-electron chi connectivity index (χ1n) is 5.63. The molecule has 2 rings (SSSR count). The van der Waals surface area contributed by atoms with Gasteiger partial charge in [0.2, 0.25) is 0 Å². The van der Waals surface area contributed by atoms with Gasteiger partial charge >= 0.3 is 0 Å². The highest BCUT2D eigenvalue weighted by atomic mass is 19.1. The average molecular weight is 251 g/mol. The third kappa shape index (κ3) is 1.85. The Morgan fingerprint density at radius 3 is 2.89 bits per heavy atom. The molecule has 0 aromatic heterocycles. The van der Waals surface area contributed by atoms with Gasteiger partial charge in [0, 0.05) is 18.2 Å². The molecule has 1 heterocycles. The zero-order valence-corrected chi connectivity index (χ0v) is 10.2. The predicted molar refractivity (Wildman–Crippen MR) is 67.1 cm³/mol. The molecule has 0 aliphatic carbocycles. The molecule has 0 saturated heterocycles. The summed E-state index contributed by atoms with van der Waals surface area (Å²) in [6.07, 6.45) is 1.67. The van der Waals surface area contributed by atoms with E-state index in [2.05, 4.69) is 11.6 Å². The summed E-state index contributed by atoms with van der Waals surface area (Å²) in [5.74, 6) is -0.834. The quantitative estimate of drug-likeness (QED) is 0.835. The average Bonchev–Trinajstić information content (AvgIpc) is 2.58. The van der Waals surface area contributed by atoms with E-state index in [-0.39, 0.29) is 0 Å². The van der Waals surface area contributed by atoms with Crippen molar-refractivity contribution in [1.82, 2.24) is 4.90 Å². The van der Waals surface area contributed by atoms with Crippen molar-refractivity contribution in [3.63, 3.8) is 0 Å². The molecule has 0 fully saturated rings. The van der Waals surface area contributed by atoms with Gasteiger partial charge in [-0.15, -0.1) is 6.58 Å². The molecule has 5 heteroatoms. The normalized spacial score (nSPS) is 23.1. The predicted octanol–water partition coefficient (Wildman–Crippen LogP) is 2.00. The minimum absolute atomic E-state index is 0.342. The second-order valence-corrected chi connectivity index (χ2v) is 4.47. The van der Waals surface area contributed by atoms with Crippen molar-refractivity contribution in [2.24, 2.45) is 10.7 Å². The third-order valence-corrected chi connectivity index (χ3v) is 3.24.